The SMILES string of the molecule is Cc1ccc(C(=O)COC(=O)[C@H](Cc2ccccc2)NC(=O)OCc2ccccc2)s1. The minimum Gasteiger partial charge on any atom is -0.456 e. The summed E-state index contributed by atoms with van der Waals surface area (Å²) in [6.45, 7) is 1.59. The molecule has 0 aliphatic rings. The Kier molecular flexibility index (Phi) is 7.95. The summed E-state index contributed by atoms with van der Waals surface area (Å²) in [5, 5.41) is 2.56. The van der Waals surface area contributed by atoms with Gasteiger partial charge in [0.25, 0.3) is 0 Å². The Labute approximate surface area is 184 Å². The lowest BCUT2D eigenvalue weighted by molar-refractivity contribution is -0.144. The third-order valence-corrected chi connectivity index (χ3v) is 5.47. The van der Waals surface area contributed by atoms with Crippen LogP contribution in [0.1, 0.15) is 25.7 Å². The average molecular weight is 438 g/mol. The lowest BCUT2D eigenvalue weighted by Gasteiger charge is -2.17. The fourth-order valence-electron chi connectivity index (χ4n) is 2.84. The first-order valence-corrected chi connectivity index (χ1v) is 10.6. The van der Waals surface area contributed by atoms with Crippen LogP contribution in [0.5, 0.6) is 0 Å². The Bertz CT molecular complexity index is 1020. The van der Waals surface area contributed by atoms with Gasteiger partial charge in [0.05, 0.1) is 4.88 Å². The highest BCUT2D eigenvalue weighted by molar-refractivity contribution is 7.14. The molecule has 2 aromatic carbocycles. The van der Waals surface area contributed by atoms with Gasteiger partial charge in [-0.15, -0.1) is 11.3 Å². The number of benzene rings is 2. The van der Waals surface area contributed by atoms with Gasteiger partial charge in [0.15, 0.2) is 6.61 Å². The zero-order valence-electron chi connectivity index (χ0n) is 17.1. The first-order chi connectivity index (χ1) is 15.0. The number of rotatable bonds is 9. The molecule has 160 valence electrons. The normalized spacial score (nSPS) is 11.4. The number of thiophene rings is 1. The number of carbonyl (C=O) groups is 3. The smallest absolute Gasteiger partial charge is 0.408 e. The van der Waals surface area contributed by atoms with E-state index in [0.29, 0.717) is 4.88 Å². The summed E-state index contributed by atoms with van der Waals surface area (Å²) < 4.78 is 10.4. The Morgan fingerprint density at radius 1 is 0.871 bits per heavy atom. The Morgan fingerprint density at radius 2 is 1.52 bits per heavy atom. The second-order valence-electron chi connectivity index (χ2n) is 6.89. The van der Waals surface area contributed by atoms with Crippen molar-refractivity contribution < 1.29 is 23.9 Å². The Hall–Kier alpha value is -3.45. The van der Waals surface area contributed by atoms with E-state index in [0.717, 1.165) is 16.0 Å². The van der Waals surface area contributed by atoms with Gasteiger partial charge in [0.2, 0.25) is 5.78 Å². The minimum absolute atomic E-state index is 0.0794. The van der Waals surface area contributed by atoms with Gasteiger partial charge in [0, 0.05) is 11.3 Å². The molecule has 0 aliphatic heterocycles. The number of hydrogen-bond acceptors (Lipinski definition) is 6. The minimum atomic E-state index is -0.983. The summed E-state index contributed by atoms with van der Waals surface area (Å²) in [7, 11) is 0. The van der Waals surface area contributed by atoms with Crippen molar-refractivity contribution in [2.45, 2.75) is 26.0 Å². The molecule has 3 rings (SSSR count). The number of amides is 1. The van der Waals surface area contributed by atoms with Crippen LogP contribution in [0.3, 0.4) is 0 Å². The predicted molar refractivity (Wildman–Crippen MR) is 118 cm³/mol. The van der Waals surface area contributed by atoms with Crippen LogP contribution in [-0.2, 0) is 27.3 Å². The Morgan fingerprint density at radius 3 is 2.13 bits per heavy atom. The topological polar surface area (TPSA) is 81.7 Å². The fraction of sp³-hybridized carbons (Fsp3) is 0.208. The fourth-order valence-corrected chi connectivity index (χ4v) is 3.63. The molecule has 1 atom stereocenters. The maximum atomic E-state index is 12.7. The largest absolute Gasteiger partial charge is 0.456 e. The molecule has 0 radical (unpaired) electrons. The highest BCUT2D eigenvalue weighted by Crippen LogP contribution is 2.16. The number of hydrogen-bond donors (Lipinski definition) is 1. The third-order valence-electron chi connectivity index (χ3n) is 4.43. The van der Waals surface area contributed by atoms with Gasteiger partial charge in [-0.2, -0.15) is 0 Å². The van der Waals surface area contributed by atoms with Crippen LogP contribution in [0.25, 0.3) is 0 Å². The number of carbonyl (C=O) groups excluding carboxylic acids is 3. The summed E-state index contributed by atoms with van der Waals surface area (Å²) in [6, 6.07) is 21.0. The van der Waals surface area contributed by atoms with E-state index in [-0.39, 0.29) is 25.4 Å². The van der Waals surface area contributed by atoms with Gasteiger partial charge in [-0.3, -0.25) is 4.79 Å². The quantitative estimate of drug-likeness (QED) is 0.398. The van der Waals surface area contributed by atoms with E-state index in [1.165, 1.54) is 11.3 Å². The highest BCUT2D eigenvalue weighted by atomic mass is 32.1. The number of alkyl carbamates (subject to hydrolysis) is 1. The molecule has 1 N–H and O–H groups in total. The predicted octanol–water partition coefficient (Wildman–Crippen LogP) is 4.32. The summed E-state index contributed by atoms with van der Waals surface area (Å²) in [4.78, 5) is 38.7. The van der Waals surface area contributed by atoms with E-state index in [9.17, 15) is 14.4 Å². The molecule has 1 heterocycles. The van der Waals surface area contributed by atoms with Crippen LogP contribution in [0, 0.1) is 6.92 Å². The summed E-state index contributed by atoms with van der Waals surface area (Å²) >= 11 is 1.34. The molecular weight excluding hydrogens is 414 g/mol. The van der Waals surface area contributed by atoms with Crippen LogP contribution in [0.4, 0.5) is 4.79 Å². The molecule has 0 fully saturated rings. The zero-order chi connectivity index (χ0) is 22.1. The number of ether oxygens (including phenoxy) is 2. The molecular formula is C24H23NO5S. The van der Waals surface area contributed by atoms with Crippen molar-refractivity contribution >= 4 is 29.2 Å². The van der Waals surface area contributed by atoms with Crippen molar-refractivity contribution in [2.75, 3.05) is 6.61 Å². The highest BCUT2D eigenvalue weighted by Gasteiger charge is 2.25. The monoisotopic (exact) mass is 437 g/mol. The second kappa shape index (κ2) is 11.1. The van der Waals surface area contributed by atoms with Gasteiger partial charge < -0.3 is 14.8 Å². The van der Waals surface area contributed by atoms with Crippen LogP contribution < -0.4 is 5.32 Å². The van der Waals surface area contributed by atoms with Crippen LogP contribution in [0.15, 0.2) is 72.8 Å². The maximum absolute atomic E-state index is 12.7. The molecule has 1 amide bonds. The molecule has 1 aromatic heterocycles. The van der Waals surface area contributed by atoms with E-state index >= 15 is 0 Å². The van der Waals surface area contributed by atoms with E-state index in [1.54, 1.807) is 6.07 Å². The van der Waals surface area contributed by atoms with Gasteiger partial charge in [0.1, 0.15) is 12.6 Å². The average Bonchev–Trinajstić information content (AvgIpc) is 3.23. The molecule has 0 unspecified atom stereocenters. The van der Waals surface area contributed by atoms with Crippen molar-refractivity contribution in [3.8, 4) is 0 Å². The van der Waals surface area contributed by atoms with Crippen molar-refractivity contribution in [3.63, 3.8) is 0 Å². The number of aryl methyl sites for hydroxylation is 1. The molecule has 0 saturated heterocycles. The third kappa shape index (κ3) is 7.08. The van der Waals surface area contributed by atoms with Gasteiger partial charge >= 0.3 is 12.1 Å². The molecule has 0 saturated carbocycles. The molecule has 0 bridgehead atoms. The van der Waals surface area contributed by atoms with E-state index < -0.39 is 18.1 Å². The van der Waals surface area contributed by atoms with Gasteiger partial charge in [-0.25, -0.2) is 9.59 Å². The summed E-state index contributed by atoms with van der Waals surface area (Å²) in [5.41, 5.74) is 1.67. The molecule has 31 heavy (non-hydrogen) atoms. The second-order valence-corrected chi connectivity index (χ2v) is 8.18. The first kappa shape index (κ1) is 22.2. The standard InChI is InChI=1S/C24H23NO5S/c1-17-12-13-22(31-17)21(26)16-29-23(27)20(14-18-8-4-2-5-9-18)25-24(28)30-15-19-10-6-3-7-11-19/h2-13,20H,14-16H2,1H3,(H,25,28)/t20-/m0/s1. The first-order valence-electron chi connectivity index (χ1n) is 9.78. The van der Waals surface area contributed by atoms with Gasteiger partial charge in [-0.05, 0) is 30.2 Å². The van der Waals surface area contributed by atoms with E-state index in [1.807, 2.05) is 73.7 Å². The molecule has 0 aliphatic carbocycles. The van der Waals surface area contributed by atoms with E-state index in [4.69, 9.17) is 9.47 Å². The summed E-state index contributed by atoms with van der Waals surface area (Å²) in [5.74, 6) is -0.973. The van der Waals surface area contributed by atoms with Crippen LogP contribution in [0.2, 0.25) is 0 Å². The van der Waals surface area contributed by atoms with E-state index in [2.05, 4.69) is 5.32 Å². The number of esters is 1. The maximum Gasteiger partial charge on any atom is 0.408 e. The molecule has 7 heteroatoms. The van der Waals surface area contributed by atoms with Crippen molar-refractivity contribution in [1.29, 1.82) is 0 Å². The van der Waals surface area contributed by atoms with Crippen molar-refractivity contribution in [2.24, 2.45) is 0 Å². The molecule has 3 aromatic rings. The van der Waals surface area contributed by atoms with Crippen molar-refractivity contribution in [3.05, 3.63) is 93.7 Å². The van der Waals surface area contributed by atoms with Crippen LogP contribution >= 0.6 is 11.3 Å². The zero-order valence-corrected chi connectivity index (χ0v) is 17.9. The lowest BCUT2D eigenvalue weighted by Crippen LogP contribution is -2.44. The lowest BCUT2D eigenvalue weighted by atomic mass is 10.1. The molecule has 0 spiro atoms. The van der Waals surface area contributed by atoms with Crippen LogP contribution in [-0.4, -0.2) is 30.5 Å². The molecule has 6 nitrogen and oxygen atoms in total. The number of ketones is 1. The number of Topliss-reactive ketones (excluding diaryl/α,β-unsaturated/α-hetero) is 1. The summed E-state index contributed by atoms with van der Waals surface area (Å²) in [6.07, 6.45) is -0.520. The van der Waals surface area contributed by atoms with Gasteiger partial charge in [-0.1, -0.05) is 60.7 Å². The number of nitrogens with one attached hydrogen (secondary N) is 1. The Balaban J connectivity index is 1.60. The van der Waals surface area contributed by atoms with Crippen molar-refractivity contribution in [1.82, 2.24) is 5.32 Å².